The number of halogens is 1. The van der Waals surface area contributed by atoms with Crippen LogP contribution < -0.4 is 0 Å². The van der Waals surface area contributed by atoms with E-state index in [1.807, 2.05) is 11.0 Å². The average molecular weight is 386 g/mol. The number of ether oxygens (including phenoxy) is 1. The maximum Gasteiger partial charge on any atom is 0.225 e. The lowest BCUT2D eigenvalue weighted by Crippen LogP contribution is -2.49. The van der Waals surface area contributed by atoms with Gasteiger partial charge in [0.25, 0.3) is 0 Å². The molecule has 2 aliphatic rings. The first kappa shape index (κ1) is 19.1. The Kier molecular flexibility index (Phi) is 5.49. The van der Waals surface area contributed by atoms with Gasteiger partial charge in [0.1, 0.15) is 11.6 Å². The summed E-state index contributed by atoms with van der Waals surface area (Å²) in [5, 5.41) is 0. The standard InChI is InChI=1S/C22H27FN2O3/c1-22(8-3-9-25(15-22)20(26)17-6-10-27-11-7-17)21-24-14-19(28-21)13-16-4-2-5-18(23)12-16/h2,4-5,12,14,17H,3,6-11,13,15H2,1H3/t22-/m0/s1. The minimum atomic E-state index is -0.292. The zero-order valence-electron chi connectivity index (χ0n) is 16.3. The molecule has 2 aliphatic heterocycles. The number of benzene rings is 1. The van der Waals surface area contributed by atoms with E-state index in [0.717, 1.165) is 43.6 Å². The lowest BCUT2D eigenvalue weighted by Gasteiger charge is -2.40. The van der Waals surface area contributed by atoms with Gasteiger partial charge in [-0.1, -0.05) is 12.1 Å². The Balaban J connectivity index is 1.45. The van der Waals surface area contributed by atoms with Crippen molar-refractivity contribution in [2.45, 2.75) is 44.4 Å². The summed E-state index contributed by atoms with van der Waals surface area (Å²) in [5.41, 5.74) is 0.562. The van der Waals surface area contributed by atoms with Gasteiger partial charge in [-0.3, -0.25) is 4.79 Å². The highest BCUT2D eigenvalue weighted by molar-refractivity contribution is 5.79. The van der Waals surface area contributed by atoms with Crippen molar-refractivity contribution in [2.24, 2.45) is 5.92 Å². The van der Waals surface area contributed by atoms with E-state index in [2.05, 4.69) is 11.9 Å². The van der Waals surface area contributed by atoms with Crippen molar-refractivity contribution in [3.05, 3.63) is 53.5 Å². The summed E-state index contributed by atoms with van der Waals surface area (Å²) in [7, 11) is 0. The highest BCUT2D eigenvalue weighted by Crippen LogP contribution is 2.35. The molecule has 0 spiro atoms. The first-order chi connectivity index (χ1) is 13.5. The number of piperidine rings is 1. The van der Waals surface area contributed by atoms with Crippen molar-refractivity contribution >= 4 is 5.91 Å². The quantitative estimate of drug-likeness (QED) is 0.804. The number of amides is 1. The maximum atomic E-state index is 13.4. The van der Waals surface area contributed by atoms with Gasteiger partial charge in [-0.05, 0) is 50.3 Å². The number of aromatic nitrogens is 1. The van der Waals surface area contributed by atoms with Gasteiger partial charge in [0.2, 0.25) is 11.8 Å². The van der Waals surface area contributed by atoms with Crippen LogP contribution in [0.4, 0.5) is 4.39 Å². The minimum Gasteiger partial charge on any atom is -0.445 e. The number of hydrogen-bond acceptors (Lipinski definition) is 4. The summed E-state index contributed by atoms with van der Waals surface area (Å²) in [4.78, 5) is 19.4. The molecule has 2 aromatic rings. The largest absolute Gasteiger partial charge is 0.445 e. The van der Waals surface area contributed by atoms with E-state index >= 15 is 0 Å². The Labute approximate surface area is 164 Å². The van der Waals surface area contributed by atoms with E-state index in [4.69, 9.17) is 9.15 Å². The molecule has 5 nitrogen and oxygen atoms in total. The molecule has 0 unspecified atom stereocenters. The molecule has 3 heterocycles. The lowest BCUT2D eigenvalue weighted by molar-refractivity contribution is -0.140. The van der Waals surface area contributed by atoms with E-state index < -0.39 is 0 Å². The van der Waals surface area contributed by atoms with Gasteiger partial charge >= 0.3 is 0 Å². The second-order valence-corrected chi connectivity index (χ2v) is 8.25. The minimum absolute atomic E-state index is 0.0733. The van der Waals surface area contributed by atoms with Gasteiger partial charge < -0.3 is 14.1 Å². The first-order valence-corrected chi connectivity index (χ1v) is 10.1. The van der Waals surface area contributed by atoms with Crippen molar-refractivity contribution < 1.29 is 18.3 Å². The molecule has 4 rings (SSSR count). The SMILES string of the molecule is C[C@]1(c2ncc(Cc3cccc(F)c3)o2)CCCN(C(=O)C2CCOCC2)C1. The topological polar surface area (TPSA) is 55.6 Å². The normalized spacial score (nSPS) is 23.7. The molecule has 0 bridgehead atoms. The Morgan fingerprint density at radius 3 is 2.96 bits per heavy atom. The molecule has 6 heteroatoms. The van der Waals surface area contributed by atoms with Gasteiger partial charge in [0.05, 0.1) is 11.6 Å². The highest BCUT2D eigenvalue weighted by atomic mass is 19.1. The lowest BCUT2D eigenvalue weighted by atomic mass is 9.81. The van der Waals surface area contributed by atoms with Crippen LogP contribution in [-0.2, 0) is 21.4 Å². The molecule has 1 atom stereocenters. The summed E-state index contributed by atoms with van der Waals surface area (Å²) < 4.78 is 24.8. The third kappa shape index (κ3) is 4.12. The summed E-state index contributed by atoms with van der Waals surface area (Å²) in [6.45, 7) is 4.88. The molecule has 1 aromatic heterocycles. The molecule has 0 aliphatic carbocycles. The first-order valence-electron chi connectivity index (χ1n) is 10.1. The third-order valence-corrected chi connectivity index (χ3v) is 5.92. The van der Waals surface area contributed by atoms with Crippen molar-refractivity contribution in [1.29, 1.82) is 0 Å². The second kappa shape index (κ2) is 8.03. The Hall–Kier alpha value is -2.21. The predicted molar refractivity (Wildman–Crippen MR) is 102 cm³/mol. The van der Waals surface area contributed by atoms with Gasteiger partial charge in [0.15, 0.2) is 0 Å². The van der Waals surface area contributed by atoms with Gasteiger partial charge in [-0.25, -0.2) is 9.37 Å². The van der Waals surface area contributed by atoms with Crippen LogP contribution in [-0.4, -0.2) is 42.1 Å². The van der Waals surface area contributed by atoms with E-state index in [1.54, 1.807) is 12.3 Å². The molecule has 28 heavy (non-hydrogen) atoms. The molecule has 1 amide bonds. The molecule has 0 radical (unpaired) electrons. The predicted octanol–water partition coefficient (Wildman–Crippen LogP) is 3.71. The van der Waals surface area contributed by atoms with Crippen LogP contribution in [0.5, 0.6) is 0 Å². The van der Waals surface area contributed by atoms with E-state index in [1.165, 1.54) is 12.1 Å². The Morgan fingerprint density at radius 2 is 2.18 bits per heavy atom. The fourth-order valence-corrected chi connectivity index (χ4v) is 4.32. The molecule has 2 fully saturated rings. The van der Waals surface area contributed by atoms with Crippen molar-refractivity contribution in [1.82, 2.24) is 9.88 Å². The Bertz CT molecular complexity index is 831. The van der Waals surface area contributed by atoms with Gasteiger partial charge in [-0.2, -0.15) is 0 Å². The molecular formula is C22H27FN2O3. The summed E-state index contributed by atoms with van der Waals surface area (Å²) in [5.74, 6) is 1.45. The van der Waals surface area contributed by atoms with Crippen LogP contribution in [0.3, 0.4) is 0 Å². The molecule has 0 N–H and O–H groups in total. The average Bonchev–Trinajstić information content (AvgIpc) is 3.18. The number of likely N-dealkylation sites (tertiary alicyclic amines) is 1. The molecule has 2 saturated heterocycles. The summed E-state index contributed by atoms with van der Waals surface area (Å²) >= 11 is 0. The number of oxazole rings is 1. The number of rotatable bonds is 4. The third-order valence-electron chi connectivity index (χ3n) is 5.92. The number of carbonyl (C=O) groups is 1. The fraction of sp³-hybridized carbons (Fsp3) is 0.545. The maximum absolute atomic E-state index is 13.4. The van der Waals surface area contributed by atoms with Gasteiger partial charge in [0, 0.05) is 38.6 Å². The summed E-state index contributed by atoms with van der Waals surface area (Å²) in [6, 6.07) is 6.52. The zero-order chi connectivity index (χ0) is 19.6. The van der Waals surface area contributed by atoms with Crippen molar-refractivity contribution in [2.75, 3.05) is 26.3 Å². The van der Waals surface area contributed by atoms with Crippen LogP contribution in [0.15, 0.2) is 34.9 Å². The van der Waals surface area contributed by atoms with E-state index in [0.29, 0.717) is 32.1 Å². The van der Waals surface area contributed by atoms with Crippen LogP contribution >= 0.6 is 0 Å². The van der Waals surface area contributed by atoms with Crippen molar-refractivity contribution in [3.8, 4) is 0 Å². The molecule has 0 saturated carbocycles. The number of carbonyl (C=O) groups excluding carboxylic acids is 1. The molecular weight excluding hydrogens is 359 g/mol. The second-order valence-electron chi connectivity index (χ2n) is 8.25. The van der Waals surface area contributed by atoms with Crippen molar-refractivity contribution in [3.63, 3.8) is 0 Å². The Morgan fingerprint density at radius 1 is 1.36 bits per heavy atom. The van der Waals surface area contributed by atoms with Crippen LogP contribution in [0.25, 0.3) is 0 Å². The molecule has 150 valence electrons. The summed E-state index contributed by atoms with van der Waals surface area (Å²) in [6.07, 6.45) is 5.72. The van der Waals surface area contributed by atoms with Crippen LogP contribution in [0, 0.1) is 11.7 Å². The monoisotopic (exact) mass is 386 g/mol. The zero-order valence-corrected chi connectivity index (χ0v) is 16.3. The number of hydrogen-bond donors (Lipinski definition) is 0. The van der Waals surface area contributed by atoms with Crippen LogP contribution in [0.1, 0.15) is 49.8 Å². The fourth-order valence-electron chi connectivity index (χ4n) is 4.32. The molecule has 1 aromatic carbocycles. The van der Waals surface area contributed by atoms with E-state index in [-0.39, 0.29) is 23.1 Å². The number of nitrogens with zero attached hydrogens (tertiary/aromatic N) is 2. The van der Waals surface area contributed by atoms with E-state index in [9.17, 15) is 9.18 Å². The van der Waals surface area contributed by atoms with Crippen LogP contribution in [0.2, 0.25) is 0 Å². The highest BCUT2D eigenvalue weighted by Gasteiger charge is 2.40. The smallest absolute Gasteiger partial charge is 0.225 e. The van der Waals surface area contributed by atoms with Gasteiger partial charge in [-0.15, -0.1) is 0 Å².